The second kappa shape index (κ2) is 6.78. The van der Waals surface area contributed by atoms with Gasteiger partial charge >= 0.3 is 0 Å². The summed E-state index contributed by atoms with van der Waals surface area (Å²) in [5.41, 5.74) is 5.66. The molecule has 1 N–H and O–H groups in total. The van der Waals surface area contributed by atoms with Gasteiger partial charge in [0.25, 0.3) is 0 Å². The van der Waals surface area contributed by atoms with Crippen LogP contribution in [0.1, 0.15) is 63.1 Å². The van der Waals surface area contributed by atoms with Gasteiger partial charge in [0.15, 0.2) is 0 Å². The third-order valence-corrected chi connectivity index (χ3v) is 3.91. The zero-order valence-corrected chi connectivity index (χ0v) is 14.1. The zero-order chi connectivity index (χ0) is 16.3. The molecule has 2 heteroatoms. The molecule has 116 valence electrons. The monoisotopic (exact) mass is 295 g/mol. The van der Waals surface area contributed by atoms with E-state index in [1.807, 2.05) is 19.1 Å². The first kappa shape index (κ1) is 16.3. The molecule has 0 bridgehead atoms. The molecular weight excluding hydrogens is 270 g/mol. The van der Waals surface area contributed by atoms with Gasteiger partial charge in [-0.2, -0.15) is 0 Å². The molecule has 22 heavy (non-hydrogen) atoms. The van der Waals surface area contributed by atoms with Crippen molar-refractivity contribution in [2.75, 3.05) is 0 Å². The van der Waals surface area contributed by atoms with Crippen LogP contribution in [0.15, 0.2) is 47.5 Å². The molecule has 0 radical (unpaired) electrons. The molecule has 0 saturated carbocycles. The van der Waals surface area contributed by atoms with Gasteiger partial charge in [0.1, 0.15) is 5.75 Å². The van der Waals surface area contributed by atoms with Gasteiger partial charge in [-0.1, -0.05) is 45.9 Å². The lowest BCUT2D eigenvalue weighted by Crippen LogP contribution is -1.99. The van der Waals surface area contributed by atoms with Crippen molar-refractivity contribution >= 4 is 11.4 Å². The minimum atomic E-state index is 0.280. The van der Waals surface area contributed by atoms with E-state index in [0.29, 0.717) is 11.8 Å². The van der Waals surface area contributed by atoms with E-state index < -0.39 is 0 Å². The SMILES string of the molecule is CC(=Nc1c(C(C)C)cccc1C(C)C)c1ccc(O)cc1. The van der Waals surface area contributed by atoms with Gasteiger partial charge in [-0.25, -0.2) is 0 Å². The maximum absolute atomic E-state index is 9.42. The number of hydrogen-bond donors (Lipinski definition) is 1. The number of aliphatic imine (C=N–C) groups is 1. The lowest BCUT2D eigenvalue weighted by molar-refractivity contribution is 0.475. The number of hydrogen-bond acceptors (Lipinski definition) is 2. The molecule has 0 saturated heterocycles. The second-order valence-corrected chi connectivity index (χ2v) is 6.34. The third kappa shape index (κ3) is 3.56. The first-order chi connectivity index (χ1) is 10.4. The first-order valence-corrected chi connectivity index (χ1v) is 7.87. The Morgan fingerprint density at radius 2 is 1.36 bits per heavy atom. The minimum Gasteiger partial charge on any atom is -0.508 e. The molecule has 2 aromatic carbocycles. The molecule has 0 aliphatic carbocycles. The molecule has 2 nitrogen and oxygen atoms in total. The van der Waals surface area contributed by atoms with E-state index in [9.17, 15) is 5.11 Å². The Bertz CT molecular complexity index is 640. The standard InChI is InChI=1S/C20H25NO/c1-13(2)18-7-6-8-19(14(3)4)20(18)21-15(5)16-9-11-17(22)12-10-16/h6-14,22H,1-5H3. The van der Waals surface area contributed by atoms with Crippen molar-refractivity contribution in [3.8, 4) is 5.75 Å². The molecule has 0 fully saturated rings. The average molecular weight is 295 g/mol. The Labute approximate surface area is 133 Å². The summed E-state index contributed by atoms with van der Waals surface area (Å²) in [6.07, 6.45) is 0. The van der Waals surface area contributed by atoms with Crippen molar-refractivity contribution in [1.29, 1.82) is 0 Å². The Hall–Kier alpha value is -2.09. The van der Waals surface area contributed by atoms with Crippen molar-refractivity contribution in [3.63, 3.8) is 0 Å². The molecule has 0 aromatic heterocycles. The Balaban J connectivity index is 2.55. The molecule has 2 aromatic rings. The molecule has 0 unspecified atom stereocenters. The number of aromatic hydroxyl groups is 1. The van der Waals surface area contributed by atoms with Crippen molar-refractivity contribution in [2.45, 2.75) is 46.5 Å². The van der Waals surface area contributed by atoms with Gasteiger partial charge in [0, 0.05) is 5.71 Å². The maximum atomic E-state index is 9.42. The van der Waals surface area contributed by atoms with Crippen LogP contribution in [0.5, 0.6) is 5.75 Å². The normalized spacial score (nSPS) is 12.2. The van der Waals surface area contributed by atoms with Gasteiger partial charge in [-0.05, 0) is 59.7 Å². The summed E-state index contributed by atoms with van der Waals surface area (Å²) in [5.74, 6) is 1.15. The van der Waals surface area contributed by atoms with Crippen LogP contribution in [0.25, 0.3) is 0 Å². The second-order valence-electron chi connectivity index (χ2n) is 6.34. The summed E-state index contributed by atoms with van der Waals surface area (Å²) in [5, 5.41) is 9.42. The summed E-state index contributed by atoms with van der Waals surface area (Å²) in [6.45, 7) is 10.8. The van der Waals surface area contributed by atoms with Crippen LogP contribution in [0.3, 0.4) is 0 Å². The fourth-order valence-electron chi connectivity index (χ4n) is 2.58. The van der Waals surface area contributed by atoms with Gasteiger partial charge in [-0.3, -0.25) is 4.99 Å². The molecular formula is C20H25NO. The molecule has 0 aliphatic rings. The van der Waals surface area contributed by atoms with Crippen molar-refractivity contribution in [2.24, 2.45) is 4.99 Å². The summed E-state index contributed by atoms with van der Waals surface area (Å²) in [4.78, 5) is 4.94. The predicted molar refractivity (Wildman–Crippen MR) is 94.6 cm³/mol. The number of phenols is 1. The molecule has 0 aliphatic heterocycles. The van der Waals surface area contributed by atoms with Crippen LogP contribution in [-0.2, 0) is 0 Å². The number of nitrogens with zero attached hydrogens (tertiary/aromatic N) is 1. The highest BCUT2D eigenvalue weighted by Crippen LogP contribution is 2.35. The summed E-state index contributed by atoms with van der Waals surface area (Å²) in [6, 6.07) is 13.7. The number of benzene rings is 2. The molecule has 2 rings (SSSR count). The molecule has 0 heterocycles. The van der Waals surface area contributed by atoms with Gasteiger partial charge in [-0.15, -0.1) is 0 Å². The smallest absolute Gasteiger partial charge is 0.115 e. The zero-order valence-electron chi connectivity index (χ0n) is 14.1. The van der Waals surface area contributed by atoms with E-state index in [-0.39, 0.29) is 5.75 Å². The Kier molecular flexibility index (Phi) is 5.02. The van der Waals surface area contributed by atoms with Crippen LogP contribution in [0.2, 0.25) is 0 Å². The first-order valence-electron chi connectivity index (χ1n) is 7.87. The van der Waals surface area contributed by atoms with E-state index >= 15 is 0 Å². The topological polar surface area (TPSA) is 32.6 Å². The number of phenolic OH excluding ortho intramolecular Hbond substituents is 1. The lowest BCUT2D eigenvalue weighted by Gasteiger charge is -2.17. The highest BCUT2D eigenvalue weighted by Gasteiger charge is 2.13. The van der Waals surface area contributed by atoms with Crippen molar-refractivity contribution < 1.29 is 5.11 Å². The number of rotatable bonds is 4. The van der Waals surface area contributed by atoms with E-state index in [4.69, 9.17) is 4.99 Å². The van der Waals surface area contributed by atoms with Crippen LogP contribution in [0, 0.1) is 0 Å². The van der Waals surface area contributed by atoms with Crippen LogP contribution < -0.4 is 0 Å². The largest absolute Gasteiger partial charge is 0.508 e. The lowest BCUT2D eigenvalue weighted by atomic mass is 9.93. The van der Waals surface area contributed by atoms with Gasteiger partial charge in [0.05, 0.1) is 5.69 Å². The highest BCUT2D eigenvalue weighted by atomic mass is 16.3. The minimum absolute atomic E-state index is 0.280. The van der Waals surface area contributed by atoms with E-state index in [1.165, 1.54) is 11.1 Å². The van der Waals surface area contributed by atoms with E-state index in [1.54, 1.807) is 12.1 Å². The van der Waals surface area contributed by atoms with Crippen LogP contribution >= 0.6 is 0 Å². The van der Waals surface area contributed by atoms with Crippen molar-refractivity contribution in [1.82, 2.24) is 0 Å². The van der Waals surface area contributed by atoms with Gasteiger partial charge in [0.2, 0.25) is 0 Å². The quantitative estimate of drug-likeness (QED) is 0.712. The fraction of sp³-hybridized carbons (Fsp3) is 0.350. The molecule has 0 amide bonds. The third-order valence-electron chi connectivity index (χ3n) is 3.91. The van der Waals surface area contributed by atoms with E-state index in [2.05, 4.69) is 45.9 Å². The highest BCUT2D eigenvalue weighted by molar-refractivity contribution is 6.00. The summed E-state index contributed by atoms with van der Waals surface area (Å²) >= 11 is 0. The number of para-hydroxylation sites is 1. The average Bonchev–Trinajstić information content (AvgIpc) is 2.47. The predicted octanol–water partition coefficient (Wildman–Crippen LogP) is 5.78. The molecule has 0 atom stereocenters. The maximum Gasteiger partial charge on any atom is 0.115 e. The van der Waals surface area contributed by atoms with Gasteiger partial charge < -0.3 is 5.11 Å². The van der Waals surface area contributed by atoms with Crippen LogP contribution in [0.4, 0.5) is 5.69 Å². The summed E-state index contributed by atoms with van der Waals surface area (Å²) < 4.78 is 0. The molecule has 0 spiro atoms. The van der Waals surface area contributed by atoms with E-state index in [0.717, 1.165) is 17.0 Å². The van der Waals surface area contributed by atoms with Crippen LogP contribution in [-0.4, -0.2) is 10.8 Å². The summed E-state index contributed by atoms with van der Waals surface area (Å²) in [7, 11) is 0. The van der Waals surface area contributed by atoms with Crippen molar-refractivity contribution in [3.05, 3.63) is 59.2 Å². The Morgan fingerprint density at radius 3 is 1.82 bits per heavy atom. The Morgan fingerprint density at radius 1 is 0.864 bits per heavy atom. The fourth-order valence-corrected chi connectivity index (χ4v) is 2.58.